The van der Waals surface area contributed by atoms with Gasteiger partial charge in [-0.25, -0.2) is 9.37 Å². The summed E-state index contributed by atoms with van der Waals surface area (Å²) in [4.78, 5) is 45.1. The summed E-state index contributed by atoms with van der Waals surface area (Å²) in [7, 11) is 2.86. The molecule has 1 aromatic carbocycles. The fourth-order valence-corrected chi connectivity index (χ4v) is 5.99. The number of ether oxygens (including phenoxy) is 2. The van der Waals surface area contributed by atoms with Crippen molar-refractivity contribution in [2.75, 3.05) is 26.1 Å². The van der Waals surface area contributed by atoms with E-state index < -0.39 is 11.9 Å². The van der Waals surface area contributed by atoms with Gasteiger partial charge in [0.1, 0.15) is 11.9 Å². The number of nitrogens with one attached hydrogen (secondary N) is 1. The first-order valence-electron chi connectivity index (χ1n) is 12.7. The lowest BCUT2D eigenvalue weighted by Gasteiger charge is -2.41. The van der Waals surface area contributed by atoms with E-state index in [4.69, 9.17) is 9.47 Å². The minimum Gasteiger partial charge on any atom is -0.481 e. The summed E-state index contributed by atoms with van der Waals surface area (Å²) >= 11 is 0. The minimum atomic E-state index is -0.931. The van der Waals surface area contributed by atoms with E-state index in [9.17, 15) is 14.4 Å². The van der Waals surface area contributed by atoms with Gasteiger partial charge in [-0.2, -0.15) is 0 Å². The quantitative estimate of drug-likeness (QED) is 0.617. The lowest BCUT2D eigenvalue weighted by atomic mass is 9.73. The van der Waals surface area contributed by atoms with Gasteiger partial charge < -0.3 is 19.7 Å². The number of nitrogens with zero attached hydrogens (tertiary/aromatic N) is 2. The zero-order valence-corrected chi connectivity index (χ0v) is 21.6. The number of rotatable bonds is 5. The number of anilines is 1. The van der Waals surface area contributed by atoms with Crippen molar-refractivity contribution in [2.24, 2.45) is 11.8 Å². The maximum absolute atomic E-state index is 15.1. The Kier molecular flexibility index (Phi) is 6.41. The molecule has 1 N–H and O–H groups in total. The van der Waals surface area contributed by atoms with Gasteiger partial charge in [-0.15, -0.1) is 0 Å². The lowest BCUT2D eigenvalue weighted by Crippen LogP contribution is -2.50. The third-order valence-corrected chi connectivity index (χ3v) is 8.08. The van der Waals surface area contributed by atoms with Gasteiger partial charge in [0.25, 0.3) is 5.91 Å². The number of amides is 2. The molecule has 0 radical (unpaired) electrons. The Morgan fingerprint density at radius 1 is 1.11 bits per heavy atom. The smallest absolute Gasteiger partial charge is 0.308 e. The van der Waals surface area contributed by atoms with Crippen LogP contribution < -0.4 is 10.1 Å². The van der Waals surface area contributed by atoms with Crippen molar-refractivity contribution >= 4 is 23.5 Å². The van der Waals surface area contributed by atoms with Crippen LogP contribution >= 0.6 is 0 Å². The lowest BCUT2D eigenvalue weighted by molar-refractivity contribution is -0.156. The Labute approximate surface area is 215 Å². The molecule has 37 heavy (non-hydrogen) atoms. The van der Waals surface area contributed by atoms with Gasteiger partial charge in [0, 0.05) is 36.2 Å². The van der Waals surface area contributed by atoms with E-state index in [2.05, 4.69) is 10.3 Å². The first-order chi connectivity index (χ1) is 17.6. The highest BCUT2D eigenvalue weighted by molar-refractivity contribution is 5.99. The molecule has 1 atom stereocenters. The number of pyridine rings is 1. The third-order valence-electron chi connectivity index (χ3n) is 8.08. The molecule has 1 unspecified atom stereocenters. The first kappa shape index (κ1) is 25.2. The highest BCUT2D eigenvalue weighted by Gasteiger charge is 2.45. The molecule has 5 rings (SSSR count). The highest BCUT2D eigenvalue weighted by atomic mass is 19.1. The molecule has 0 spiro atoms. The Bertz CT molecular complexity index is 1270. The average molecular weight is 510 g/mol. The van der Waals surface area contributed by atoms with Gasteiger partial charge in [0.2, 0.25) is 11.8 Å². The number of halogens is 1. The van der Waals surface area contributed by atoms with Gasteiger partial charge in [0.15, 0.2) is 0 Å². The fraction of sp³-hybridized carbons (Fsp3) is 0.500. The van der Waals surface area contributed by atoms with Crippen molar-refractivity contribution in [3.8, 4) is 5.88 Å². The molecule has 2 amide bonds. The van der Waals surface area contributed by atoms with E-state index in [1.807, 2.05) is 19.9 Å². The number of benzene rings is 1. The summed E-state index contributed by atoms with van der Waals surface area (Å²) in [5.41, 5.74) is 3.02. The highest BCUT2D eigenvalue weighted by Crippen LogP contribution is 2.42. The zero-order chi connectivity index (χ0) is 26.5. The second-order valence-corrected chi connectivity index (χ2v) is 10.8. The van der Waals surface area contributed by atoms with E-state index in [1.54, 1.807) is 17.0 Å². The molecule has 9 heteroatoms. The summed E-state index contributed by atoms with van der Waals surface area (Å²) < 4.78 is 25.1. The largest absolute Gasteiger partial charge is 0.481 e. The van der Waals surface area contributed by atoms with Crippen LogP contribution in [0.5, 0.6) is 5.88 Å². The fourth-order valence-electron chi connectivity index (χ4n) is 5.99. The molecular weight excluding hydrogens is 477 g/mol. The third kappa shape index (κ3) is 4.45. The van der Waals surface area contributed by atoms with Crippen molar-refractivity contribution < 1.29 is 28.2 Å². The van der Waals surface area contributed by atoms with Crippen molar-refractivity contribution in [3.05, 3.63) is 52.5 Å². The van der Waals surface area contributed by atoms with Gasteiger partial charge >= 0.3 is 5.97 Å². The molecule has 1 fully saturated rings. The maximum Gasteiger partial charge on any atom is 0.308 e. The SMILES string of the molecule is COc1ccc2c(n1)CCN(C(=O)[C@H]1C[C@@H](C(=O)OC)C1)C2C(=O)Nc1cc(F)c2c(c1)CCC2(C)C. The van der Waals surface area contributed by atoms with E-state index in [-0.39, 0.29) is 34.9 Å². The Hall–Kier alpha value is -3.49. The Balaban J connectivity index is 1.43. The van der Waals surface area contributed by atoms with Crippen LogP contribution in [-0.2, 0) is 37.4 Å². The topological polar surface area (TPSA) is 97.8 Å². The predicted octanol–water partition coefficient (Wildman–Crippen LogP) is 3.72. The second-order valence-electron chi connectivity index (χ2n) is 10.8. The molecule has 1 aromatic heterocycles. The zero-order valence-electron chi connectivity index (χ0n) is 21.6. The first-order valence-corrected chi connectivity index (χ1v) is 12.7. The van der Waals surface area contributed by atoms with Crippen LogP contribution in [0.1, 0.15) is 61.5 Å². The Morgan fingerprint density at radius 2 is 1.86 bits per heavy atom. The summed E-state index contributed by atoms with van der Waals surface area (Å²) in [6.45, 7) is 4.35. The van der Waals surface area contributed by atoms with Crippen molar-refractivity contribution in [3.63, 3.8) is 0 Å². The number of hydrogen-bond donors (Lipinski definition) is 1. The van der Waals surface area contributed by atoms with Crippen LogP contribution in [0.15, 0.2) is 24.3 Å². The van der Waals surface area contributed by atoms with Gasteiger partial charge in [-0.3, -0.25) is 14.4 Å². The normalized spacial score (nSPS) is 23.4. The molecule has 1 saturated carbocycles. The number of carbonyl (C=O) groups excluding carboxylic acids is 3. The van der Waals surface area contributed by atoms with Crippen LogP contribution in [0.4, 0.5) is 10.1 Å². The molecule has 0 bridgehead atoms. The molecule has 1 aliphatic heterocycles. The van der Waals surface area contributed by atoms with Crippen molar-refractivity contribution in [2.45, 2.75) is 57.4 Å². The second kappa shape index (κ2) is 9.43. The molecule has 196 valence electrons. The number of aryl methyl sites for hydroxylation is 1. The van der Waals surface area contributed by atoms with E-state index >= 15 is 4.39 Å². The van der Waals surface area contributed by atoms with Crippen molar-refractivity contribution in [1.82, 2.24) is 9.88 Å². The predicted molar refractivity (Wildman–Crippen MR) is 134 cm³/mol. The number of hydrogen-bond acceptors (Lipinski definition) is 6. The molecule has 8 nitrogen and oxygen atoms in total. The van der Waals surface area contributed by atoms with E-state index in [0.717, 1.165) is 18.4 Å². The van der Waals surface area contributed by atoms with Gasteiger partial charge in [0.05, 0.1) is 25.8 Å². The number of fused-ring (bicyclic) bond motifs is 2. The molecular formula is C28H32FN3O5. The molecule has 2 aliphatic carbocycles. The molecule has 2 heterocycles. The van der Waals surface area contributed by atoms with Crippen LogP contribution in [0.3, 0.4) is 0 Å². The maximum atomic E-state index is 15.1. The summed E-state index contributed by atoms with van der Waals surface area (Å²) in [6.07, 6.45) is 2.85. The molecule has 2 aromatic rings. The monoisotopic (exact) mass is 509 g/mol. The van der Waals surface area contributed by atoms with Crippen molar-refractivity contribution in [1.29, 1.82) is 0 Å². The summed E-state index contributed by atoms with van der Waals surface area (Å²) in [5, 5.41) is 2.87. The summed E-state index contributed by atoms with van der Waals surface area (Å²) in [6, 6.07) is 5.69. The molecule has 0 saturated heterocycles. The van der Waals surface area contributed by atoms with Gasteiger partial charge in [-0.05, 0) is 60.4 Å². The van der Waals surface area contributed by atoms with Crippen LogP contribution in [0.25, 0.3) is 0 Å². The number of esters is 1. The van der Waals surface area contributed by atoms with Gasteiger partial charge in [-0.1, -0.05) is 13.8 Å². The minimum absolute atomic E-state index is 0.177. The van der Waals surface area contributed by atoms with Crippen LogP contribution in [0, 0.1) is 17.7 Å². The average Bonchev–Trinajstić information content (AvgIpc) is 3.16. The number of carbonyl (C=O) groups is 3. The van der Waals surface area contributed by atoms with E-state index in [1.165, 1.54) is 20.3 Å². The standard InChI is InChI=1S/C28H32FN3O5/c1-28(2)9-7-15-13-18(14-20(29)23(15)28)30-25(33)24-19-5-6-22(36-3)31-21(19)8-10-32(24)26(34)16-11-17(12-16)27(35)37-4/h5-6,13-14,16-17,24H,7-12H2,1-4H3,(H,30,33)/t16-,17+,24?. The Morgan fingerprint density at radius 3 is 2.57 bits per heavy atom. The van der Waals surface area contributed by atoms with Crippen LogP contribution in [0.2, 0.25) is 0 Å². The molecule has 3 aliphatic rings. The van der Waals surface area contributed by atoms with Crippen LogP contribution in [-0.4, -0.2) is 48.4 Å². The van der Waals surface area contributed by atoms with E-state index in [0.29, 0.717) is 54.2 Å². The number of methoxy groups -OCH3 is 2. The summed E-state index contributed by atoms with van der Waals surface area (Å²) in [5.74, 6) is -1.48. The number of aromatic nitrogens is 1.